The number of aryl methyl sites for hydroxylation is 1. The van der Waals surface area contributed by atoms with E-state index in [9.17, 15) is 19.1 Å². The summed E-state index contributed by atoms with van der Waals surface area (Å²) in [5.74, 6) is 0.608. The molecule has 3 heterocycles. The summed E-state index contributed by atoms with van der Waals surface area (Å²) in [4.78, 5) is 32.3. The Hall–Kier alpha value is -2.94. The zero-order valence-corrected chi connectivity index (χ0v) is 21.0. The van der Waals surface area contributed by atoms with Crippen molar-refractivity contribution < 1.29 is 19.1 Å². The van der Waals surface area contributed by atoms with Gasteiger partial charge < -0.3 is 19.8 Å². The Morgan fingerprint density at radius 1 is 1.11 bits per heavy atom. The number of nitrogens with zero attached hydrogens (tertiary/aromatic N) is 5. The van der Waals surface area contributed by atoms with Gasteiger partial charge in [0.1, 0.15) is 12.7 Å². The van der Waals surface area contributed by atoms with Crippen molar-refractivity contribution in [3.63, 3.8) is 0 Å². The monoisotopic (exact) mass is 495 g/mol. The number of anilines is 1. The lowest BCUT2D eigenvalue weighted by Crippen LogP contribution is -2.50. The smallest absolute Gasteiger partial charge is 0.274 e. The van der Waals surface area contributed by atoms with Gasteiger partial charge in [-0.25, -0.2) is 4.39 Å². The van der Waals surface area contributed by atoms with Crippen LogP contribution in [0.2, 0.25) is 0 Å². The molecule has 4 aliphatic rings. The highest BCUT2D eigenvalue weighted by Crippen LogP contribution is 2.57. The van der Waals surface area contributed by atoms with Gasteiger partial charge in [0.25, 0.3) is 5.91 Å². The largest absolute Gasteiger partial charge is 0.390 e. The molecule has 9 heteroatoms. The van der Waals surface area contributed by atoms with Crippen LogP contribution in [0.4, 0.5) is 10.1 Å². The topological polar surface area (TPSA) is 81.9 Å². The number of piperazine rings is 1. The first-order valence-corrected chi connectivity index (χ1v) is 13.1. The number of amides is 2. The van der Waals surface area contributed by atoms with Crippen molar-refractivity contribution in [3.8, 4) is 0 Å². The lowest BCUT2D eigenvalue weighted by Gasteiger charge is -2.37. The molecule has 1 aromatic heterocycles. The highest BCUT2D eigenvalue weighted by atomic mass is 19.1. The Kier molecular flexibility index (Phi) is 5.78. The van der Waals surface area contributed by atoms with Gasteiger partial charge in [-0.2, -0.15) is 5.10 Å². The van der Waals surface area contributed by atoms with Crippen LogP contribution in [0.5, 0.6) is 0 Å². The van der Waals surface area contributed by atoms with Crippen LogP contribution in [-0.4, -0.2) is 88.0 Å². The number of carbonyl (C=O) groups is 2. The van der Waals surface area contributed by atoms with Gasteiger partial charge >= 0.3 is 0 Å². The zero-order valence-electron chi connectivity index (χ0n) is 21.0. The molecule has 2 amide bonds. The number of aliphatic hydroxyl groups is 1. The number of likely N-dealkylation sites (tertiary alicyclic amines) is 1. The summed E-state index contributed by atoms with van der Waals surface area (Å²) in [6.45, 7) is 7.47. The molecule has 2 aromatic rings. The fraction of sp³-hybridized carbons (Fsp3) is 0.593. The Balaban J connectivity index is 1.15. The van der Waals surface area contributed by atoms with Crippen LogP contribution < -0.4 is 4.90 Å². The van der Waals surface area contributed by atoms with E-state index in [1.165, 1.54) is 21.7 Å². The number of carbonyl (C=O) groups excluding carboxylic acids is 2. The van der Waals surface area contributed by atoms with Gasteiger partial charge in [-0.3, -0.25) is 14.3 Å². The quantitative estimate of drug-likeness (QED) is 0.702. The second kappa shape index (κ2) is 8.87. The average Bonchev–Trinajstić information content (AvgIpc) is 3.40. The molecular formula is C27H34FN5O3. The molecule has 36 heavy (non-hydrogen) atoms. The molecule has 4 atom stereocenters. The SMILES string of the molecule is Cc1cccc(N2CCN(C(=O)Cn3nc(C(=O)N4CC[C@@H](O)[C@@H](F)C4)c4c3CC3C[C@H]43)CC2)c1C. The molecule has 8 nitrogen and oxygen atoms in total. The summed E-state index contributed by atoms with van der Waals surface area (Å²) < 4.78 is 15.8. The molecule has 0 bridgehead atoms. The maximum absolute atomic E-state index is 14.1. The number of halogens is 1. The van der Waals surface area contributed by atoms with Crippen LogP contribution in [-0.2, 0) is 17.8 Å². The number of aliphatic hydroxyl groups excluding tert-OH is 1. The van der Waals surface area contributed by atoms with Crippen LogP contribution in [0.1, 0.15) is 51.6 Å². The summed E-state index contributed by atoms with van der Waals surface area (Å²) in [7, 11) is 0. The predicted octanol–water partition coefficient (Wildman–Crippen LogP) is 2.05. The maximum atomic E-state index is 14.1. The van der Waals surface area contributed by atoms with E-state index in [2.05, 4.69) is 42.0 Å². The van der Waals surface area contributed by atoms with Crippen molar-refractivity contribution in [2.75, 3.05) is 44.2 Å². The van der Waals surface area contributed by atoms with Gasteiger partial charge in [0.05, 0.1) is 12.6 Å². The number of hydrogen-bond donors (Lipinski definition) is 1. The lowest BCUT2D eigenvalue weighted by atomic mass is 10.0. The van der Waals surface area contributed by atoms with Crippen LogP contribution in [0.25, 0.3) is 0 Å². The minimum atomic E-state index is -1.43. The van der Waals surface area contributed by atoms with E-state index < -0.39 is 12.3 Å². The van der Waals surface area contributed by atoms with Crippen molar-refractivity contribution in [3.05, 3.63) is 46.3 Å². The molecular weight excluding hydrogens is 461 g/mol. The molecule has 6 rings (SSSR count). The van der Waals surface area contributed by atoms with E-state index in [1.54, 1.807) is 4.68 Å². The molecule has 1 unspecified atom stereocenters. The molecule has 0 spiro atoms. The molecule has 3 fully saturated rings. The first-order valence-electron chi connectivity index (χ1n) is 13.1. The summed E-state index contributed by atoms with van der Waals surface area (Å²) in [6.07, 6.45) is -0.321. The van der Waals surface area contributed by atoms with Gasteiger partial charge in [-0.15, -0.1) is 0 Å². The molecule has 2 saturated heterocycles. The highest BCUT2D eigenvalue weighted by Gasteiger charge is 2.51. The van der Waals surface area contributed by atoms with Crippen LogP contribution >= 0.6 is 0 Å². The third-order valence-corrected chi connectivity index (χ3v) is 8.68. The van der Waals surface area contributed by atoms with Crippen molar-refractivity contribution in [1.29, 1.82) is 0 Å². The van der Waals surface area contributed by atoms with E-state index in [4.69, 9.17) is 0 Å². The van der Waals surface area contributed by atoms with Gasteiger partial charge in [-0.05, 0) is 62.1 Å². The number of benzene rings is 1. The number of rotatable bonds is 4. The fourth-order valence-corrected chi connectivity index (χ4v) is 6.21. The van der Waals surface area contributed by atoms with E-state index >= 15 is 0 Å². The maximum Gasteiger partial charge on any atom is 0.274 e. The molecule has 1 N–H and O–H groups in total. The molecule has 0 radical (unpaired) electrons. The summed E-state index contributed by atoms with van der Waals surface area (Å²) in [6, 6.07) is 6.34. The first kappa shape index (κ1) is 23.5. The van der Waals surface area contributed by atoms with Crippen molar-refractivity contribution >= 4 is 17.5 Å². The number of aromatic nitrogens is 2. The number of fused-ring (bicyclic) bond motifs is 3. The van der Waals surface area contributed by atoms with E-state index in [0.29, 0.717) is 37.2 Å². The predicted molar refractivity (Wildman–Crippen MR) is 133 cm³/mol. The molecule has 1 saturated carbocycles. The summed E-state index contributed by atoms with van der Waals surface area (Å²) >= 11 is 0. The fourth-order valence-electron chi connectivity index (χ4n) is 6.21. The Labute approximate surface area is 210 Å². The third kappa shape index (κ3) is 3.97. The molecule has 2 aliphatic heterocycles. The summed E-state index contributed by atoms with van der Waals surface area (Å²) in [5, 5.41) is 14.3. The molecule has 1 aromatic carbocycles. The van der Waals surface area contributed by atoms with Gasteiger partial charge in [-0.1, -0.05) is 12.1 Å². The first-order chi connectivity index (χ1) is 17.3. The zero-order chi connectivity index (χ0) is 25.1. The molecule has 192 valence electrons. The van der Waals surface area contributed by atoms with E-state index in [-0.39, 0.29) is 31.3 Å². The minimum Gasteiger partial charge on any atom is -0.390 e. The molecule has 2 aliphatic carbocycles. The van der Waals surface area contributed by atoms with Gasteiger partial charge in [0.2, 0.25) is 5.91 Å². The summed E-state index contributed by atoms with van der Waals surface area (Å²) in [5.41, 5.74) is 6.13. The lowest BCUT2D eigenvalue weighted by molar-refractivity contribution is -0.132. The number of alkyl halides is 1. The normalized spacial score (nSPS) is 27.2. The number of piperidine rings is 1. The van der Waals surface area contributed by atoms with Gasteiger partial charge in [0.15, 0.2) is 5.69 Å². The average molecular weight is 496 g/mol. The Bertz CT molecular complexity index is 1200. The second-order valence-electron chi connectivity index (χ2n) is 10.9. The van der Waals surface area contributed by atoms with E-state index in [0.717, 1.165) is 37.2 Å². The van der Waals surface area contributed by atoms with Crippen molar-refractivity contribution in [1.82, 2.24) is 19.6 Å². The Morgan fingerprint density at radius 2 is 1.89 bits per heavy atom. The van der Waals surface area contributed by atoms with Crippen molar-refractivity contribution in [2.45, 2.75) is 57.8 Å². The second-order valence-corrected chi connectivity index (χ2v) is 10.9. The minimum absolute atomic E-state index is 0.0189. The van der Waals surface area contributed by atoms with Crippen LogP contribution in [0.15, 0.2) is 18.2 Å². The van der Waals surface area contributed by atoms with Gasteiger partial charge in [0, 0.05) is 49.7 Å². The standard InChI is InChI=1S/C27H34FN5O3/c1-16-4-3-5-21(17(16)2)30-8-10-31(11-9-30)24(35)15-33-22-13-18-12-19(18)25(22)26(29-33)27(36)32-7-6-23(34)20(28)14-32/h3-5,18-20,23,34H,6-15H2,1-2H3/t18?,19-,20-,23+/m0/s1. The highest BCUT2D eigenvalue weighted by molar-refractivity contribution is 5.95. The number of hydrogen-bond acceptors (Lipinski definition) is 5. The van der Waals surface area contributed by atoms with Crippen LogP contribution in [0.3, 0.4) is 0 Å². The van der Waals surface area contributed by atoms with Crippen molar-refractivity contribution in [2.24, 2.45) is 5.92 Å². The third-order valence-electron chi connectivity index (χ3n) is 8.68. The van der Waals surface area contributed by atoms with E-state index in [1.807, 2.05) is 4.90 Å². The van der Waals surface area contributed by atoms with Crippen LogP contribution in [0, 0.1) is 19.8 Å². The Morgan fingerprint density at radius 3 is 2.64 bits per heavy atom.